The number of amides is 1. The molecule has 128 valence electrons. The number of benzene rings is 1. The molecule has 0 saturated carbocycles. The Labute approximate surface area is 134 Å². The number of halogens is 2. The van der Waals surface area contributed by atoms with E-state index in [0.29, 0.717) is 0 Å². The van der Waals surface area contributed by atoms with E-state index < -0.39 is 6.61 Å². The molecule has 0 spiro atoms. The minimum Gasteiger partial charge on any atom is -0.435 e. The summed E-state index contributed by atoms with van der Waals surface area (Å²) in [5.74, 6) is 0.0152. The largest absolute Gasteiger partial charge is 0.435 e. The Hall–Kier alpha value is -1.73. The van der Waals surface area contributed by atoms with Crippen LogP contribution in [0.25, 0.3) is 0 Å². The van der Waals surface area contributed by atoms with Crippen LogP contribution in [0, 0.1) is 0 Å². The molecule has 0 radical (unpaired) electrons. The van der Waals surface area contributed by atoms with Crippen molar-refractivity contribution < 1.29 is 23.0 Å². The Balaban J connectivity index is 2.05. The molecule has 0 bridgehead atoms. The van der Waals surface area contributed by atoms with E-state index in [1.165, 1.54) is 13.2 Å². The number of nitrogens with one attached hydrogen (secondary N) is 1. The number of carbonyl (C=O) groups excluding carboxylic acids is 1. The minimum atomic E-state index is -2.84. The lowest BCUT2D eigenvalue weighted by molar-refractivity contribution is -0.124. The minimum absolute atomic E-state index is 0.123. The van der Waals surface area contributed by atoms with Gasteiger partial charge < -0.3 is 20.5 Å². The van der Waals surface area contributed by atoms with Crippen molar-refractivity contribution in [3.8, 4) is 5.75 Å². The summed E-state index contributed by atoms with van der Waals surface area (Å²) < 4.78 is 34.1. The number of hydrogen-bond donors (Lipinski definition) is 2. The van der Waals surface area contributed by atoms with Crippen molar-refractivity contribution in [2.45, 2.75) is 44.4 Å². The molecule has 0 aromatic heterocycles. The van der Waals surface area contributed by atoms with Crippen molar-refractivity contribution in [2.75, 3.05) is 13.7 Å². The third kappa shape index (κ3) is 4.87. The first-order chi connectivity index (χ1) is 11.0. The zero-order chi connectivity index (χ0) is 16.8. The maximum atomic E-state index is 12.3. The third-order valence-electron chi connectivity index (χ3n) is 4.00. The van der Waals surface area contributed by atoms with Gasteiger partial charge in [0, 0.05) is 13.7 Å². The molecule has 0 aliphatic heterocycles. The first-order valence-electron chi connectivity index (χ1n) is 7.63. The van der Waals surface area contributed by atoms with Crippen molar-refractivity contribution >= 4 is 5.91 Å². The summed E-state index contributed by atoms with van der Waals surface area (Å²) in [6.07, 6.45) is 2.37. The molecule has 5 nitrogen and oxygen atoms in total. The van der Waals surface area contributed by atoms with Gasteiger partial charge in [0.25, 0.3) is 0 Å². The standard InChI is InChI=1S/C16H22F2N2O3/c1-22-12(9-19)8-15(21)20-14-4-2-3-10-7-11(23-16(17)18)5-6-13(10)14/h5-7,12,14,16H,2-4,8-9,19H2,1H3,(H,20,21). The lowest BCUT2D eigenvalue weighted by Gasteiger charge is -2.27. The normalized spacial score (nSPS) is 18.4. The molecule has 2 rings (SSSR count). The van der Waals surface area contributed by atoms with Gasteiger partial charge >= 0.3 is 6.61 Å². The molecule has 7 heteroatoms. The number of fused-ring (bicyclic) bond motifs is 1. The number of ether oxygens (including phenoxy) is 2. The molecule has 0 fully saturated rings. The number of rotatable bonds is 7. The van der Waals surface area contributed by atoms with E-state index in [1.54, 1.807) is 12.1 Å². The van der Waals surface area contributed by atoms with E-state index in [0.717, 1.165) is 30.4 Å². The Morgan fingerprint density at radius 2 is 2.26 bits per heavy atom. The first-order valence-corrected chi connectivity index (χ1v) is 7.63. The number of nitrogens with two attached hydrogens (primary N) is 1. The average Bonchev–Trinajstić information content (AvgIpc) is 2.52. The number of methoxy groups -OCH3 is 1. The van der Waals surface area contributed by atoms with Gasteiger partial charge in [0.15, 0.2) is 0 Å². The number of alkyl halides is 2. The summed E-state index contributed by atoms with van der Waals surface area (Å²) in [4.78, 5) is 12.1. The fraction of sp³-hybridized carbons (Fsp3) is 0.562. The SMILES string of the molecule is COC(CN)CC(=O)NC1CCCc2cc(OC(F)F)ccc21. The van der Waals surface area contributed by atoms with Crippen LogP contribution < -0.4 is 15.8 Å². The molecule has 0 saturated heterocycles. The van der Waals surface area contributed by atoms with Crippen LogP contribution in [0.2, 0.25) is 0 Å². The van der Waals surface area contributed by atoms with Crippen LogP contribution in [0.3, 0.4) is 0 Å². The van der Waals surface area contributed by atoms with Gasteiger partial charge in [-0.05, 0) is 42.5 Å². The van der Waals surface area contributed by atoms with Gasteiger partial charge in [-0.15, -0.1) is 0 Å². The quantitative estimate of drug-likeness (QED) is 0.804. The molecule has 1 amide bonds. The lowest BCUT2D eigenvalue weighted by atomic mass is 9.87. The molecular weight excluding hydrogens is 306 g/mol. The topological polar surface area (TPSA) is 73.6 Å². The maximum absolute atomic E-state index is 12.3. The molecule has 2 unspecified atom stereocenters. The molecule has 1 aromatic carbocycles. The zero-order valence-electron chi connectivity index (χ0n) is 13.1. The fourth-order valence-corrected chi connectivity index (χ4v) is 2.84. The number of carbonyl (C=O) groups is 1. The maximum Gasteiger partial charge on any atom is 0.387 e. The summed E-state index contributed by atoms with van der Waals surface area (Å²) in [5, 5.41) is 2.97. The van der Waals surface area contributed by atoms with Crippen LogP contribution in [0.5, 0.6) is 5.75 Å². The van der Waals surface area contributed by atoms with Crippen molar-refractivity contribution in [2.24, 2.45) is 5.73 Å². The molecule has 0 heterocycles. The first kappa shape index (κ1) is 17.6. The highest BCUT2D eigenvalue weighted by molar-refractivity contribution is 5.77. The number of aryl methyl sites for hydroxylation is 1. The van der Waals surface area contributed by atoms with Crippen molar-refractivity contribution in [1.29, 1.82) is 0 Å². The molecule has 1 aliphatic carbocycles. The van der Waals surface area contributed by atoms with E-state index in [-0.39, 0.29) is 36.8 Å². The van der Waals surface area contributed by atoms with Gasteiger partial charge in [-0.25, -0.2) is 0 Å². The van der Waals surface area contributed by atoms with Crippen LogP contribution in [-0.2, 0) is 16.0 Å². The van der Waals surface area contributed by atoms with Crippen molar-refractivity contribution in [3.05, 3.63) is 29.3 Å². The summed E-state index contributed by atoms with van der Waals surface area (Å²) in [5.41, 5.74) is 7.40. The predicted octanol–water partition coefficient (Wildman–Crippen LogP) is 2.15. The van der Waals surface area contributed by atoms with Crippen molar-refractivity contribution in [1.82, 2.24) is 5.32 Å². The van der Waals surface area contributed by atoms with Crippen LogP contribution in [0.15, 0.2) is 18.2 Å². The second kappa shape index (κ2) is 8.21. The monoisotopic (exact) mass is 328 g/mol. The smallest absolute Gasteiger partial charge is 0.387 e. The van der Waals surface area contributed by atoms with E-state index in [1.807, 2.05) is 0 Å². The van der Waals surface area contributed by atoms with E-state index in [2.05, 4.69) is 10.1 Å². The predicted molar refractivity (Wildman–Crippen MR) is 81.4 cm³/mol. The second-order valence-electron chi connectivity index (χ2n) is 5.55. The Kier molecular flexibility index (Phi) is 6.29. The van der Waals surface area contributed by atoms with Gasteiger partial charge in [0.1, 0.15) is 5.75 Å². The van der Waals surface area contributed by atoms with Crippen LogP contribution in [0.1, 0.15) is 36.4 Å². The summed E-state index contributed by atoms with van der Waals surface area (Å²) in [7, 11) is 1.52. The molecular formula is C16H22F2N2O3. The number of hydrogen-bond acceptors (Lipinski definition) is 4. The lowest BCUT2D eigenvalue weighted by Crippen LogP contribution is -2.35. The van der Waals surface area contributed by atoms with Gasteiger partial charge in [0.2, 0.25) is 5.91 Å². The van der Waals surface area contributed by atoms with Gasteiger partial charge in [-0.1, -0.05) is 6.07 Å². The molecule has 2 atom stereocenters. The van der Waals surface area contributed by atoms with Crippen LogP contribution >= 0.6 is 0 Å². The highest BCUT2D eigenvalue weighted by Crippen LogP contribution is 2.32. The van der Waals surface area contributed by atoms with Gasteiger partial charge in [0.05, 0.1) is 18.6 Å². The summed E-state index contributed by atoms with van der Waals surface area (Å²) >= 11 is 0. The molecule has 3 N–H and O–H groups in total. The van der Waals surface area contributed by atoms with Gasteiger partial charge in [-0.2, -0.15) is 8.78 Å². The Morgan fingerprint density at radius 1 is 1.48 bits per heavy atom. The molecule has 1 aromatic rings. The summed E-state index contributed by atoms with van der Waals surface area (Å²) in [6.45, 7) is -2.56. The highest BCUT2D eigenvalue weighted by Gasteiger charge is 2.23. The fourth-order valence-electron chi connectivity index (χ4n) is 2.84. The summed E-state index contributed by atoms with van der Waals surface area (Å²) in [6, 6.07) is 4.75. The van der Waals surface area contributed by atoms with E-state index in [4.69, 9.17) is 10.5 Å². The van der Waals surface area contributed by atoms with E-state index >= 15 is 0 Å². The Bertz CT molecular complexity index is 536. The van der Waals surface area contributed by atoms with Gasteiger partial charge in [-0.3, -0.25) is 4.79 Å². The van der Waals surface area contributed by atoms with Crippen LogP contribution in [0.4, 0.5) is 8.78 Å². The molecule has 23 heavy (non-hydrogen) atoms. The van der Waals surface area contributed by atoms with Crippen molar-refractivity contribution in [3.63, 3.8) is 0 Å². The van der Waals surface area contributed by atoms with E-state index in [9.17, 15) is 13.6 Å². The Morgan fingerprint density at radius 3 is 2.91 bits per heavy atom. The zero-order valence-corrected chi connectivity index (χ0v) is 13.1. The van der Waals surface area contributed by atoms with Crippen LogP contribution in [-0.4, -0.2) is 32.3 Å². The molecule has 1 aliphatic rings. The average molecular weight is 328 g/mol. The second-order valence-corrected chi connectivity index (χ2v) is 5.55. The highest BCUT2D eigenvalue weighted by atomic mass is 19.3. The third-order valence-corrected chi connectivity index (χ3v) is 4.00.